The summed E-state index contributed by atoms with van der Waals surface area (Å²) < 4.78 is 12.2. The Labute approximate surface area is 149 Å². The highest BCUT2D eigenvalue weighted by Gasteiger charge is 2.07. The van der Waals surface area contributed by atoms with Gasteiger partial charge in [0.15, 0.2) is 0 Å². The van der Waals surface area contributed by atoms with Crippen molar-refractivity contribution in [1.29, 1.82) is 0 Å². The highest BCUT2D eigenvalue weighted by molar-refractivity contribution is 9.10. The molecule has 0 bridgehead atoms. The van der Waals surface area contributed by atoms with E-state index in [9.17, 15) is 0 Å². The molecule has 0 radical (unpaired) electrons. The molecule has 0 aliphatic heterocycles. The Bertz CT molecular complexity index is 852. The molecule has 4 nitrogen and oxygen atoms in total. The summed E-state index contributed by atoms with van der Waals surface area (Å²) in [5.74, 6) is 2.06. The lowest BCUT2D eigenvalue weighted by molar-refractivity contribution is 0.339. The summed E-state index contributed by atoms with van der Waals surface area (Å²) in [6.07, 6.45) is 0.868. The molecule has 0 unspecified atom stereocenters. The number of halogens is 1. The molecule has 0 amide bonds. The second-order valence-electron chi connectivity index (χ2n) is 5.34. The van der Waals surface area contributed by atoms with Crippen molar-refractivity contribution in [1.82, 2.24) is 4.98 Å². The number of benzene rings is 2. The third-order valence-electron chi connectivity index (χ3n) is 3.59. The van der Waals surface area contributed by atoms with Crippen LogP contribution in [0.1, 0.15) is 12.5 Å². The van der Waals surface area contributed by atoms with E-state index in [1.165, 1.54) is 5.56 Å². The molecule has 2 N–H and O–H groups in total. The predicted molar refractivity (Wildman–Crippen MR) is 99.9 cm³/mol. The van der Waals surface area contributed by atoms with Crippen LogP contribution in [0.25, 0.3) is 10.9 Å². The van der Waals surface area contributed by atoms with Gasteiger partial charge in [0.05, 0.1) is 16.6 Å². The highest BCUT2D eigenvalue weighted by atomic mass is 79.9. The summed E-state index contributed by atoms with van der Waals surface area (Å²) >= 11 is 3.51. The van der Waals surface area contributed by atoms with Gasteiger partial charge in [-0.3, -0.25) is 0 Å². The van der Waals surface area contributed by atoms with Crippen LogP contribution in [-0.4, -0.2) is 18.1 Å². The van der Waals surface area contributed by atoms with Gasteiger partial charge in [-0.15, -0.1) is 0 Å². The second kappa shape index (κ2) is 7.64. The Morgan fingerprint density at radius 3 is 2.71 bits per heavy atom. The summed E-state index contributed by atoms with van der Waals surface area (Å²) in [4.78, 5) is 4.57. The average molecular weight is 387 g/mol. The van der Waals surface area contributed by atoms with Crippen molar-refractivity contribution in [2.45, 2.75) is 13.3 Å². The fourth-order valence-electron chi connectivity index (χ4n) is 2.47. The lowest BCUT2D eigenvalue weighted by Gasteiger charge is -2.10. The second-order valence-corrected chi connectivity index (χ2v) is 6.20. The van der Waals surface area contributed by atoms with Crippen LogP contribution < -0.4 is 15.2 Å². The van der Waals surface area contributed by atoms with Gasteiger partial charge >= 0.3 is 0 Å². The molecule has 0 saturated heterocycles. The highest BCUT2D eigenvalue weighted by Crippen LogP contribution is 2.32. The van der Waals surface area contributed by atoms with Gasteiger partial charge < -0.3 is 15.2 Å². The molecule has 0 saturated carbocycles. The average Bonchev–Trinajstić information content (AvgIpc) is 2.58. The number of nitrogens with two attached hydrogens (primary N) is 1. The first kappa shape index (κ1) is 16.7. The monoisotopic (exact) mass is 386 g/mol. The van der Waals surface area contributed by atoms with Crippen LogP contribution in [0.15, 0.2) is 53.0 Å². The maximum Gasteiger partial charge on any atom is 0.219 e. The molecule has 0 spiro atoms. The SMILES string of the molecule is CCOc1ccc(Oc2ccc3cc(CCN)ccc3n2)c(Br)c1. The quantitative estimate of drug-likeness (QED) is 0.667. The zero-order valence-electron chi connectivity index (χ0n) is 13.5. The summed E-state index contributed by atoms with van der Waals surface area (Å²) in [7, 11) is 0. The minimum absolute atomic E-state index is 0.555. The molecule has 1 aromatic heterocycles. The Kier molecular flexibility index (Phi) is 5.33. The summed E-state index contributed by atoms with van der Waals surface area (Å²) in [5, 5.41) is 1.08. The van der Waals surface area contributed by atoms with Gasteiger partial charge in [-0.1, -0.05) is 6.07 Å². The molecule has 3 rings (SSSR count). The number of nitrogens with zero attached hydrogens (tertiary/aromatic N) is 1. The minimum atomic E-state index is 0.555. The number of pyridine rings is 1. The van der Waals surface area contributed by atoms with E-state index in [-0.39, 0.29) is 0 Å². The van der Waals surface area contributed by atoms with Crippen LogP contribution in [0, 0.1) is 0 Å². The van der Waals surface area contributed by atoms with Crippen molar-refractivity contribution in [3.63, 3.8) is 0 Å². The fourth-order valence-corrected chi connectivity index (χ4v) is 2.91. The summed E-state index contributed by atoms with van der Waals surface area (Å²) in [5.41, 5.74) is 7.73. The number of ether oxygens (including phenoxy) is 2. The van der Waals surface area contributed by atoms with Crippen molar-refractivity contribution in [3.8, 4) is 17.4 Å². The van der Waals surface area contributed by atoms with E-state index in [2.05, 4.69) is 33.0 Å². The van der Waals surface area contributed by atoms with E-state index in [1.807, 2.05) is 43.3 Å². The molecule has 24 heavy (non-hydrogen) atoms. The number of aromatic nitrogens is 1. The molecule has 0 aliphatic rings. The summed E-state index contributed by atoms with van der Waals surface area (Å²) in [6.45, 7) is 3.23. The first-order chi connectivity index (χ1) is 11.7. The number of rotatable bonds is 6. The smallest absolute Gasteiger partial charge is 0.219 e. The topological polar surface area (TPSA) is 57.4 Å². The van der Waals surface area contributed by atoms with E-state index in [1.54, 1.807) is 0 Å². The van der Waals surface area contributed by atoms with E-state index < -0.39 is 0 Å². The molecule has 0 aliphatic carbocycles. The Morgan fingerprint density at radius 2 is 1.96 bits per heavy atom. The molecule has 0 fully saturated rings. The van der Waals surface area contributed by atoms with Crippen LogP contribution in [-0.2, 0) is 6.42 Å². The standard InChI is InChI=1S/C19H19BrN2O2/c1-2-23-15-5-7-18(16(20)12-15)24-19-8-4-14-11-13(9-10-21)3-6-17(14)22-19/h3-8,11-12H,2,9-10,21H2,1H3. The van der Waals surface area contributed by atoms with E-state index in [0.29, 0.717) is 24.8 Å². The molecule has 124 valence electrons. The van der Waals surface area contributed by atoms with Crippen molar-refractivity contribution in [2.75, 3.05) is 13.2 Å². The van der Waals surface area contributed by atoms with Crippen LogP contribution in [0.5, 0.6) is 17.4 Å². The van der Waals surface area contributed by atoms with E-state index in [0.717, 1.165) is 27.5 Å². The van der Waals surface area contributed by atoms with Gasteiger partial charge in [0, 0.05) is 11.5 Å². The van der Waals surface area contributed by atoms with Gasteiger partial charge in [0.2, 0.25) is 5.88 Å². The molecule has 1 heterocycles. The van der Waals surface area contributed by atoms with E-state index >= 15 is 0 Å². The Hall–Kier alpha value is -2.11. The van der Waals surface area contributed by atoms with Crippen molar-refractivity contribution < 1.29 is 9.47 Å². The zero-order chi connectivity index (χ0) is 16.9. The van der Waals surface area contributed by atoms with Gasteiger partial charge in [-0.05, 0) is 77.8 Å². The maximum atomic E-state index is 5.89. The molecular weight excluding hydrogens is 368 g/mol. The number of hydrogen-bond donors (Lipinski definition) is 1. The molecular formula is C19H19BrN2O2. The van der Waals surface area contributed by atoms with Crippen molar-refractivity contribution in [2.24, 2.45) is 5.73 Å². The largest absolute Gasteiger partial charge is 0.494 e. The molecule has 5 heteroatoms. The molecule has 2 aromatic carbocycles. The van der Waals surface area contributed by atoms with Crippen LogP contribution >= 0.6 is 15.9 Å². The van der Waals surface area contributed by atoms with Gasteiger partial charge in [-0.25, -0.2) is 4.98 Å². The van der Waals surface area contributed by atoms with Crippen LogP contribution in [0.3, 0.4) is 0 Å². The first-order valence-corrected chi connectivity index (χ1v) is 8.69. The first-order valence-electron chi connectivity index (χ1n) is 7.89. The van der Waals surface area contributed by atoms with Crippen molar-refractivity contribution >= 4 is 26.8 Å². The minimum Gasteiger partial charge on any atom is -0.494 e. The summed E-state index contributed by atoms with van der Waals surface area (Å²) in [6, 6.07) is 15.7. The van der Waals surface area contributed by atoms with Crippen LogP contribution in [0.4, 0.5) is 0 Å². The van der Waals surface area contributed by atoms with Gasteiger partial charge in [-0.2, -0.15) is 0 Å². The normalized spacial score (nSPS) is 10.8. The zero-order valence-corrected chi connectivity index (χ0v) is 15.0. The molecule has 0 atom stereocenters. The van der Waals surface area contributed by atoms with Crippen LogP contribution in [0.2, 0.25) is 0 Å². The van der Waals surface area contributed by atoms with E-state index in [4.69, 9.17) is 15.2 Å². The maximum absolute atomic E-state index is 5.89. The third-order valence-corrected chi connectivity index (χ3v) is 4.21. The number of hydrogen-bond acceptors (Lipinski definition) is 4. The Balaban J connectivity index is 1.83. The fraction of sp³-hybridized carbons (Fsp3) is 0.211. The number of fused-ring (bicyclic) bond motifs is 1. The lowest BCUT2D eigenvalue weighted by atomic mass is 10.1. The Morgan fingerprint density at radius 1 is 1.08 bits per heavy atom. The third kappa shape index (κ3) is 3.86. The molecule has 3 aromatic rings. The predicted octanol–water partition coefficient (Wildman–Crippen LogP) is 4.69. The van der Waals surface area contributed by atoms with Gasteiger partial charge in [0.1, 0.15) is 11.5 Å². The van der Waals surface area contributed by atoms with Crippen molar-refractivity contribution in [3.05, 3.63) is 58.6 Å². The van der Waals surface area contributed by atoms with Gasteiger partial charge in [0.25, 0.3) is 0 Å². The lowest BCUT2D eigenvalue weighted by Crippen LogP contribution is -2.02.